The number of hydrogen-bond acceptors (Lipinski definition) is 2. The summed E-state index contributed by atoms with van der Waals surface area (Å²) in [5.41, 5.74) is 0.576. The highest BCUT2D eigenvalue weighted by Gasteiger charge is 2.24. The van der Waals surface area contributed by atoms with E-state index in [1.165, 1.54) is 0 Å². The first-order valence-electron chi connectivity index (χ1n) is 5.91. The van der Waals surface area contributed by atoms with Gasteiger partial charge in [0.1, 0.15) is 0 Å². The molecule has 4 heteroatoms. The van der Waals surface area contributed by atoms with E-state index >= 15 is 0 Å². The fourth-order valence-corrected chi connectivity index (χ4v) is 2.26. The molecule has 0 heterocycles. The Morgan fingerprint density at radius 3 is 2.53 bits per heavy atom. The Hall–Kier alpha value is -1.06. The van der Waals surface area contributed by atoms with E-state index in [0.717, 1.165) is 25.7 Å². The van der Waals surface area contributed by atoms with Crippen molar-refractivity contribution in [1.82, 2.24) is 5.32 Å². The summed E-state index contributed by atoms with van der Waals surface area (Å²) in [5.74, 6) is -0.146. The lowest BCUT2D eigenvalue weighted by Gasteiger charge is -2.28. The van der Waals surface area contributed by atoms with Crippen molar-refractivity contribution in [2.24, 2.45) is 0 Å². The molecule has 0 unspecified atom stereocenters. The van der Waals surface area contributed by atoms with E-state index in [1.807, 2.05) is 0 Å². The van der Waals surface area contributed by atoms with Crippen LogP contribution >= 0.6 is 11.6 Å². The summed E-state index contributed by atoms with van der Waals surface area (Å²) in [6.07, 6.45) is 3.29. The molecule has 17 heavy (non-hydrogen) atoms. The van der Waals surface area contributed by atoms with Crippen LogP contribution in [0.1, 0.15) is 36.0 Å². The lowest BCUT2D eigenvalue weighted by atomic mass is 9.92. The van der Waals surface area contributed by atoms with Gasteiger partial charge in [-0.25, -0.2) is 0 Å². The van der Waals surface area contributed by atoms with Gasteiger partial charge in [0.15, 0.2) is 0 Å². The predicted octanol–water partition coefficient (Wildman–Crippen LogP) is 2.37. The Labute approximate surface area is 106 Å². The van der Waals surface area contributed by atoms with Gasteiger partial charge < -0.3 is 10.4 Å². The maximum atomic E-state index is 11.9. The Balaban J connectivity index is 1.98. The number of carbonyl (C=O) groups is 1. The van der Waals surface area contributed by atoms with Crippen molar-refractivity contribution < 1.29 is 9.90 Å². The Bertz CT molecular complexity index is 391. The zero-order valence-corrected chi connectivity index (χ0v) is 10.3. The molecule has 1 aromatic rings. The van der Waals surface area contributed by atoms with E-state index in [4.69, 9.17) is 11.6 Å². The quantitative estimate of drug-likeness (QED) is 0.850. The molecule has 2 N–H and O–H groups in total. The molecule has 1 amide bonds. The molecule has 2 atom stereocenters. The van der Waals surface area contributed by atoms with Crippen LogP contribution in [0.5, 0.6) is 0 Å². The van der Waals surface area contributed by atoms with Gasteiger partial charge in [-0.3, -0.25) is 4.79 Å². The summed E-state index contributed by atoms with van der Waals surface area (Å²) in [6.45, 7) is 0. The molecule has 0 radical (unpaired) electrons. The standard InChI is InChI=1S/C13H16ClNO2/c14-10-7-5-9(6-8-10)13(17)15-11-3-1-2-4-12(11)16/h5-8,11-12,16H,1-4H2,(H,15,17)/t11-,12-/m0/s1. The number of nitrogens with one attached hydrogen (secondary N) is 1. The summed E-state index contributed by atoms with van der Waals surface area (Å²) < 4.78 is 0. The van der Waals surface area contributed by atoms with E-state index in [1.54, 1.807) is 24.3 Å². The summed E-state index contributed by atoms with van der Waals surface area (Å²) in [6, 6.07) is 6.63. The second-order valence-corrected chi connectivity index (χ2v) is 4.88. The SMILES string of the molecule is O=C(N[C@H]1CCCC[C@@H]1O)c1ccc(Cl)cc1. The second kappa shape index (κ2) is 5.52. The third kappa shape index (κ3) is 3.20. The smallest absolute Gasteiger partial charge is 0.251 e. The van der Waals surface area contributed by atoms with Gasteiger partial charge in [-0.15, -0.1) is 0 Å². The predicted molar refractivity (Wildman–Crippen MR) is 67.2 cm³/mol. The number of benzene rings is 1. The molecular formula is C13H16ClNO2. The zero-order chi connectivity index (χ0) is 12.3. The molecule has 0 aromatic heterocycles. The van der Waals surface area contributed by atoms with Crippen molar-refractivity contribution in [1.29, 1.82) is 0 Å². The fourth-order valence-electron chi connectivity index (χ4n) is 2.13. The van der Waals surface area contributed by atoms with Crippen LogP contribution in [0.4, 0.5) is 0 Å². The third-order valence-corrected chi connectivity index (χ3v) is 3.40. The van der Waals surface area contributed by atoms with E-state index < -0.39 is 6.10 Å². The molecule has 1 aliphatic carbocycles. The Morgan fingerprint density at radius 1 is 1.24 bits per heavy atom. The molecule has 0 saturated heterocycles. The minimum Gasteiger partial charge on any atom is -0.391 e. The largest absolute Gasteiger partial charge is 0.391 e. The summed E-state index contributed by atoms with van der Waals surface area (Å²) in [7, 11) is 0. The topological polar surface area (TPSA) is 49.3 Å². The zero-order valence-electron chi connectivity index (χ0n) is 9.53. The number of hydrogen-bond donors (Lipinski definition) is 2. The van der Waals surface area contributed by atoms with Crippen LogP contribution in [0.15, 0.2) is 24.3 Å². The van der Waals surface area contributed by atoms with Crippen molar-refractivity contribution in [3.63, 3.8) is 0 Å². The molecule has 0 aliphatic heterocycles. The molecular weight excluding hydrogens is 238 g/mol. The number of aliphatic hydroxyl groups excluding tert-OH is 1. The summed E-state index contributed by atoms with van der Waals surface area (Å²) in [5, 5.41) is 13.3. The first-order valence-corrected chi connectivity index (χ1v) is 6.29. The van der Waals surface area contributed by atoms with Gasteiger partial charge in [0.05, 0.1) is 12.1 Å². The molecule has 0 spiro atoms. The minimum absolute atomic E-state index is 0.119. The number of amides is 1. The minimum atomic E-state index is -0.417. The second-order valence-electron chi connectivity index (χ2n) is 4.44. The van der Waals surface area contributed by atoms with Crippen molar-refractivity contribution in [2.45, 2.75) is 37.8 Å². The van der Waals surface area contributed by atoms with Crippen LogP contribution in [0.3, 0.4) is 0 Å². The molecule has 1 fully saturated rings. The lowest BCUT2D eigenvalue weighted by Crippen LogP contribution is -2.45. The number of carbonyl (C=O) groups excluding carboxylic acids is 1. The van der Waals surface area contributed by atoms with Crippen LogP contribution in [0.2, 0.25) is 5.02 Å². The van der Waals surface area contributed by atoms with Gasteiger partial charge in [-0.05, 0) is 37.1 Å². The summed E-state index contributed by atoms with van der Waals surface area (Å²) >= 11 is 5.76. The van der Waals surface area contributed by atoms with Gasteiger partial charge in [-0.1, -0.05) is 24.4 Å². The molecule has 92 valence electrons. The van der Waals surface area contributed by atoms with Gasteiger partial charge in [0.25, 0.3) is 5.91 Å². The fraction of sp³-hybridized carbons (Fsp3) is 0.462. The number of rotatable bonds is 2. The van der Waals surface area contributed by atoms with Gasteiger partial charge in [-0.2, -0.15) is 0 Å². The van der Waals surface area contributed by atoms with Crippen LogP contribution < -0.4 is 5.32 Å². The molecule has 1 saturated carbocycles. The van der Waals surface area contributed by atoms with Crippen molar-refractivity contribution in [2.75, 3.05) is 0 Å². The highest BCUT2D eigenvalue weighted by Crippen LogP contribution is 2.19. The van der Waals surface area contributed by atoms with Gasteiger partial charge in [0.2, 0.25) is 0 Å². The van der Waals surface area contributed by atoms with E-state index in [2.05, 4.69) is 5.32 Å². The van der Waals surface area contributed by atoms with E-state index in [0.29, 0.717) is 10.6 Å². The van der Waals surface area contributed by atoms with Gasteiger partial charge >= 0.3 is 0 Å². The van der Waals surface area contributed by atoms with Crippen molar-refractivity contribution in [3.8, 4) is 0 Å². The maximum absolute atomic E-state index is 11.9. The van der Waals surface area contributed by atoms with Gasteiger partial charge in [0, 0.05) is 10.6 Å². The number of halogens is 1. The van der Waals surface area contributed by atoms with Crippen LogP contribution in [-0.4, -0.2) is 23.2 Å². The highest BCUT2D eigenvalue weighted by molar-refractivity contribution is 6.30. The lowest BCUT2D eigenvalue weighted by molar-refractivity contribution is 0.0717. The molecule has 1 aliphatic rings. The Morgan fingerprint density at radius 2 is 1.88 bits per heavy atom. The van der Waals surface area contributed by atoms with Crippen molar-refractivity contribution >= 4 is 17.5 Å². The molecule has 3 nitrogen and oxygen atoms in total. The van der Waals surface area contributed by atoms with Crippen LogP contribution in [-0.2, 0) is 0 Å². The molecule has 1 aromatic carbocycles. The first kappa shape index (κ1) is 12.4. The summed E-state index contributed by atoms with van der Waals surface area (Å²) in [4.78, 5) is 11.9. The number of aliphatic hydroxyl groups is 1. The van der Waals surface area contributed by atoms with Crippen molar-refractivity contribution in [3.05, 3.63) is 34.9 Å². The van der Waals surface area contributed by atoms with E-state index in [9.17, 15) is 9.90 Å². The molecule has 0 bridgehead atoms. The van der Waals surface area contributed by atoms with Crippen LogP contribution in [0, 0.1) is 0 Å². The monoisotopic (exact) mass is 253 g/mol. The average molecular weight is 254 g/mol. The molecule has 2 rings (SSSR count). The van der Waals surface area contributed by atoms with Crippen LogP contribution in [0.25, 0.3) is 0 Å². The first-order chi connectivity index (χ1) is 8.16. The highest BCUT2D eigenvalue weighted by atomic mass is 35.5. The Kier molecular flexibility index (Phi) is 4.02. The average Bonchev–Trinajstić information content (AvgIpc) is 2.33. The normalized spacial score (nSPS) is 24.4. The maximum Gasteiger partial charge on any atom is 0.251 e. The third-order valence-electron chi connectivity index (χ3n) is 3.15. The van der Waals surface area contributed by atoms with E-state index in [-0.39, 0.29) is 11.9 Å².